The first-order valence-corrected chi connectivity index (χ1v) is 7.82. The van der Waals surface area contributed by atoms with Gasteiger partial charge in [0.1, 0.15) is 12.4 Å². The lowest BCUT2D eigenvalue weighted by atomic mass is 10.1. The van der Waals surface area contributed by atoms with Crippen LogP contribution in [0.15, 0.2) is 12.1 Å². The minimum Gasteiger partial charge on any atom is -0.491 e. The van der Waals surface area contributed by atoms with Crippen molar-refractivity contribution in [3.63, 3.8) is 0 Å². The molecule has 1 heterocycles. The standard InChI is InChI=1S/C17H26N2O2/c1-13-7-8-14(2)16(15(13)3)21-12-9-18-17(20)19-10-5-4-6-11-19/h7-8H,4-6,9-12H2,1-3H3,(H,18,20). The number of hydrogen-bond acceptors (Lipinski definition) is 2. The fourth-order valence-electron chi connectivity index (χ4n) is 2.67. The van der Waals surface area contributed by atoms with Crippen LogP contribution in [-0.4, -0.2) is 37.2 Å². The molecule has 1 N–H and O–H groups in total. The third-order valence-electron chi connectivity index (χ3n) is 4.14. The fourth-order valence-corrected chi connectivity index (χ4v) is 2.67. The van der Waals surface area contributed by atoms with Gasteiger partial charge in [-0.05, 0) is 56.7 Å². The van der Waals surface area contributed by atoms with Crippen LogP contribution in [0.5, 0.6) is 5.75 Å². The van der Waals surface area contributed by atoms with Gasteiger partial charge in [-0.2, -0.15) is 0 Å². The summed E-state index contributed by atoms with van der Waals surface area (Å²) < 4.78 is 5.85. The number of benzene rings is 1. The van der Waals surface area contributed by atoms with E-state index in [1.54, 1.807) is 0 Å². The first kappa shape index (κ1) is 15.7. The van der Waals surface area contributed by atoms with Gasteiger partial charge in [-0.1, -0.05) is 12.1 Å². The maximum Gasteiger partial charge on any atom is 0.317 e. The largest absolute Gasteiger partial charge is 0.491 e. The fraction of sp³-hybridized carbons (Fsp3) is 0.588. The molecule has 0 unspecified atom stereocenters. The molecule has 1 aromatic carbocycles. The Hall–Kier alpha value is -1.71. The van der Waals surface area contributed by atoms with Crippen molar-refractivity contribution in [2.24, 2.45) is 0 Å². The zero-order valence-corrected chi connectivity index (χ0v) is 13.4. The Morgan fingerprint density at radius 1 is 1.14 bits per heavy atom. The Bertz CT molecular complexity index is 494. The highest BCUT2D eigenvalue weighted by Gasteiger charge is 2.15. The van der Waals surface area contributed by atoms with Gasteiger partial charge in [0.05, 0.1) is 6.54 Å². The molecule has 1 aliphatic heterocycles. The SMILES string of the molecule is Cc1ccc(C)c(OCCNC(=O)N2CCCCC2)c1C. The number of carbonyl (C=O) groups excluding carboxylic acids is 1. The van der Waals surface area contributed by atoms with Crippen LogP contribution in [0.25, 0.3) is 0 Å². The summed E-state index contributed by atoms with van der Waals surface area (Å²) in [6.07, 6.45) is 3.47. The molecule has 0 atom stereocenters. The van der Waals surface area contributed by atoms with Gasteiger partial charge in [-0.15, -0.1) is 0 Å². The van der Waals surface area contributed by atoms with Gasteiger partial charge in [0.2, 0.25) is 0 Å². The average molecular weight is 290 g/mol. The molecule has 0 saturated carbocycles. The van der Waals surface area contributed by atoms with Crippen molar-refractivity contribution >= 4 is 6.03 Å². The lowest BCUT2D eigenvalue weighted by Gasteiger charge is -2.26. The Morgan fingerprint density at radius 2 is 1.81 bits per heavy atom. The van der Waals surface area contributed by atoms with E-state index in [0.29, 0.717) is 13.2 Å². The van der Waals surface area contributed by atoms with Crippen LogP contribution in [0.1, 0.15) is 36.0 Å². The minimum absolute atomic E-state index is 0.0380. The highest BCUT2D eigenvalue weighted by Crippen LogP contribution is 2.25. The van der Waals surface area contributed by atoms with E-state index in [1.165, 1.54) is 17.5 Å². The van der Waals surface area contributed by atoms with Gasteiger partial charge in [-0.25, -0.2) is 4.79 Å². The van der Waals surface area contributed by atoms with E-state index in [4.69, 9.17) is 4.74 Å². The summed E-state index contributed by atoms with van der Waals surface area (Å²) >= 11 is 0. The zero-order valence-electron chi connectivity index (χ0n) is 13.4. The maximum absolute atomic E-state index is 12.0. The molecular formula is C17H26N2O2. The van der Waals surface area contributed by atoms with Crippen molar-refractivity contribution in [3.05, 3.63) is 28.8 Å². The molecule has 4 heteroatoms. The number of rotatable bonds is 4. The molecule has 21 heavy (non-hydrogen) atoms. The van der Waals surface area contributed by atoms with E-state index in [1.807, 2.05) is 11.8 Å². The van der Waals surface area contributed by atoms with Gasteiger partial charge >= 0.3 is 6.03 Å². The number of carbonyl (C=O) groups is 1. The summed E-state index contributed by atoms with van der Waals surface area (Å²) in [6, 6.07) is 4.22. The highest BCUT2D eigenvalue weighted by molar-refractivity contribution is 5.74. The van der Waals surface area contributed by atoms with E-state index >= 15 is 0 Å². The van der Waals surface area contributed by atoms with Crippen molar-refractivity contribution in [1.82, 2.24) is 10.2 Å². The van der Waals surface area contributed by atoms with Crippen LogP contribution in [0.3, 0.4) is 0 Å². The molecular weight excluding hydrogens is 264 g/mol. The Labute approximate surface area is 127 Å². The lowest BCUT2D eigenvalue weighted by molar-refractivity contribution is 0.183. The summed E-state index contributed by atoms with van der Waals surface area (Å²) in [6.45, 7) is 9.01. The van der Waals surface area contributed by atoms with Gasteiger partial charge in [0.15, 0.2) is 0 Å². The lowest BCUT2D eigenvalue weighted by Crippen LogP contribution is -2.43. The molecule has 1 aromatic rings. The van der Waals surface area contributed by atoms with Crippen LogP contribution in [0.2, 0.25) is 0 Å². The summed E-state index contributed by atoms with van der Waals surface area (Å²) in [4.78, 5) is 13.9. The topological polar surface area (TPSA) is 41.6 Å². The van der Waals surface area contributed by atoms with E-state index < -0.39 is 0 Å². The van der Waals surface area contributed by atoms with Crippen LogP contribution in [0.4, 0.5) is 4.79 Å². The van der Waals surface area contributed by atoms with Gasteiger partial charge < -0.3 is 15.0 Å². The molecule has 0 aliphatic carbocycles. The minimum atomic E-state index is 0.0380. The summed E-state index contributed by atoms with van der Waals surface area (Å²) in [5, 5.41) is 2.94. The first-order chi connectivity index (χ1) is 10.1. The molecule has 4 nitrogen and oxygen atoms in total. The van der Waals surface area contributed by atoms with E-state index in [2.05, 4.69) is 31.3 Å². The van der Waals surface area contributed by atoms with Crippen LogP contribution in [0, 0.1) is 20.8 Å². The molecule has 1 fully saturated rings. The van der Waals surface area contributed by atoms with Gasteiger partial charge in [0.25, 0.3) is 0 Å². The molecule has 1 aliphatic rings. The third kappa shape index (κ3) is 4.13. The number of piperidine rings is 1. The quantitative estimate of drug-likeness (QED) is 0.865. The number of hydrogen-bond donors (Lipinski definition) is 1. The number of likely N-dealkylation sites (tertiary alicyclic amines) is 1. The number of urea groups is 1. The van der Waals surface area contributed by atoms with Crippen LogP contribution in [-0.2, 0) is 0 Å². The molecule has 0 bridgehead atoms. The Kier molecular flexibility index (Phi) is 5.48. The van der Waals surface area contributed by atoms with Crippen molar-refractivity contribution in [3.8, 4) is 5.75 Å². The van der Waals surface area contributed by atoms with Crippen molar-refractivity contribution < 1.29 is 9.53 Å². The molecule has 2 amide bonds. The normalized spacial score (nSPS) is 14.9. The molecule has 2 rings (SSSR count). The molecule has 0 aromatic heterocycles. The highest BCUT2D eigenvalue weighted by atomic mass is 16.5. The van der Waals surface area contributed by atoms with Gasteiger partial charge in [-0.3, -0.25) is 0 Å². The van der Waals surface area contributed by atoms with Crippen LogP contribution >= 0.6 is 0 Å². The summed E-state index contributed by atoms with van der Waals surface area (Å²) in [5.74, 6) is 0.947. The number of nitrogens with zero attached hydrogens (tertiary/aromatic N) is 1. The summed E-state index contributed by atoms with van der Waals surface area (Å²) in [5.41, 5.74) is 3.55. The van der Waals surface area contributed by atoms with E-state index in [-0.39, 0.29) is 6.03 Å². The van der Waals surface area contributed by atoms with Crippen molar-refractivity contribution in [2.45, 2.75) is 40.0 Å². The first-order valence-electron chi connectivity index (χ1n) is 7.82. The second-order valence-electron chi connectivity index (χ2n) is 5.78. The number of amides is 2. The predicted molar refractivity (Wildman–Crippen MR) is 85.0 cm³/mol. The number of ether oxygens (including phenoxy) is 1. The average Bonchev–Trinajstić information content (AvgIpc) is 2.51. The van der Waals surface area contributed by atoms with E-state index in [9.17, 15) is 4.79 Å². The van der Waals surface area contributed by atoms with Crippen molar-refractivity contribution in [1.29, 1.82) is 0 Å². The Morgan fingerprint density at radius 3 is 2.52 bits per heavy atom. The molecule has 0 radical (unpaired) electrons. The maximum atomic E-state index is 12.0. The third-order valence-corrected chi connectivity index (χ3v) is 4.14. The molecule has 1 saturated heterocycles. The zero-order chi connectivity index (χ0) is 15.2. The van der Waals surface area contributed by atoms with Gasteiger partial charge in [0, 0.05) is 13.1 Å². The number of nitrogens with one attached hydrogen (secondary N) is 1. The van der Waals surface area contributed by atoms with E-state index in [0.717, 1.165) is 37.2 Å². The molecule has 116 valence electrons. The second kappa shape index (κ2) is 7.34. The summed E-state index contributed by atoms with van der Waals surface area (Å²) in [7, 11) is 0. The smallest absolute Gasteiger partial charge is 0.317 e. The molecule has 0 spiro atoms. The number of aryl methyl sites for hydroxylation is 2. The Balaban J connectivity index is 1.77. The monoisotopic (exact) mass is 290 g/mol. The predicted octanol–water partition coefficient (Wildman–Crippen LogP) is 3.19. The van der Waals surface area contributed by atoms with Crippen molar-refractivity contribution in [2.75, 3.05) is 26.2 Å². The van der Waals surface area contributed by atoms with Crippen LogP contribution < -0.4 is 10.1 Å². The second-order valence-corrected chi connectivity index (χ2v) is 5.78.